The molecule has 0 fully saturated rings. The van der Waals surface area contributed by atoms with Crippen LogP contribution in [0.4, 0.5) is 4.79 Å². The standard InChI is InChI=1S/C21H22Cl2N6O/c1-13(14-3-4-17(22)18(23)9-14)25-21(30)29-8-5-15-11-24-20(26-19(15)12-29)10-16-6-7-28(2)27-16/h3-4,6-7,9,11,13H,5,8,10,12H2,1-2H3,(H,25,30)/t13-/m1/s1. The van der Waals surface area contributed by atoms with Crippen LogP contribution in [0.5, 0.6) is 0 Å². The lowest BCUT2D eigenvalue weighted by molar-refractivity contribution is 0.188. The second-order valence-corrected chi connectivity index (χ2v) is 8.25. The van der Waals surface area contributed by atoms with Crippen molar-refractivity contribution in [1.82, 2.24) is 30.0 Å². The van der Waals surface area contributed by atoms with Crippen LogP contribution < -0.4 is 5.32 Å². The molecule has 0 aliphatic carbocycles. The third kappa shape index (κ3) is 4.57. The molecule has 0 bridgehead atoms. The number of urea groups is 1. The molecular formula is C21H22Cl2N6O. The van der Waals surface area contributed by atoms with E-state index >= 15 is 0 Å². The van der Waals surface area contributed by atoms with E-state index in [0.29, 0.717) is 35.4 Å². The van der Waals surface area contributed by atoms with E-state index in [2.05, 4.69) is 15.4 Å². The molecule has 3 aromatic rings. The maximum absolute atomic E-state index is 12.8. The highest BCUT2D eigenvalue weighted by Crippen LogP contribution is 2.26. The van der Waals surface area contributed by atoms with Gasteiger partial charge in [0.2, 0.25) is 0 Å². The third-order valence-electron chi connectivity index (χ3n) is 5.17. The van der Waals surface area contributed by atoms with Gasteiger partial charge in [-0.05, 0) is 42.7 Å². The van der Waals surface area contributed by atoms with Crippen molar-refractivity contribution < 1.29 is 4.79 Å². The van der Waals surface area contributed by atoms with Crippen molar-refractivity contribution in [2.45, 2.75) is 32.4 Å². The van der Waals surface area contributed by atoms with Gasteiger partial charge in [-0.3, -0.25) is 4.68 Å². The van der Waals surface area contributed by atoms with Gasteiger partial charge >= 0.3 is 6.03 Å². The topological polar surface area (TPSA) is 75.9 Å². The first kappa shape index (κ1) is 20.6. The van der Waals surface area contributed by atoms with Gasteiger partial charge in [-0.15, -0.1) is 0 Å². The van der Waals surface area contributed by atoms with Crippen molar-refractivity contribution >= 4 is 29.2 Å². The predicted molar refractivity (Wildman–Crippen MR) is 116 cm³/mol. The number of hydrogen-bond donors (Lipinski definition) is 1. The maximum atomic E-state index is 12.8. The molecule has 0 radical (unpaired) electrons. The highest BCUT2D eigenvalue weighted by Gasteiger charge is 2.24. The maximum Gasteiger partial charge on any atom is 0.318 e. The van der Waals surface area contributed by atoms with Crippen LogP contribution in [0.15, 0.2) is 36.7 Å². The minimum atomic E-state index is -0.196. The zero-order valence-electron chi connectivity index (χ0n) is 16.8. The van der Waals surface area contributed by atoms with Crippen molar-refractivity contribution in [2.24, 2.45) is 7.05 Å². The van der Waals surface area contributed by atoms with E-state index in [1.165, 1.54) is 0 Å². The largest absolute Gasteiger partial charge is 0.331 e. The summed E-state index contributed by atoms with van der Waals surface area (Å²) >= 11 is 12.1. The molecule has 1 aliphatic heterocycles. The number of aromatic nitrogens is 4. The van der Waals surface area contributed by atoms with E-state index in [4.69, 9.17) is 28.2 Å². The summed E-state index contributed by atoms with van der Waals surface area (Å²) in [5, 5.41) is 8.37. The fourth-order valence-electron chi connectivity index (χ4n) is 3.46. The third-order valence-corrected chi connectivity index (χ3v) is 5.91. The molecule has 4 rings (SSSR count). The van der Waals surface area contributed by atoms with Gasteiger partial charge in [-0.1, -0.05) is 29.3 Å². The lowest BCUT2D eigenvalue weighted by Gasteiger charge is -2.29. The smallest absolute Gasteiger partial charge is 0.318 e. The van der Waals surface area contributed by atoms with Crippen LogP contribution in [0.1, 0.15) is 41.3 Å². The Morgan fingerprint density at radius 3 is 2.83 bits per heavy atom. The van der Waals surface area contributed by atoms with E-state index < -0.39 is 0 Å². The van der Waals surface area contributed by atoms with Gasteiger partial charge in [-0.25, -0.2) is 14.8 Å². The summed E-state index contributed by atoms with van der Waals surface area (Å²) in [4.78, 5) is 23.8. The van der Waals surface area contributed by atoms with Crippen molar-refractivity contribution in [3.8, 4) is 0 Å². The first-order valence-electron chi connectivity index (χ1n) is 9.71. The minimum Gasteiger partial charge on any atom is -0.331 e. The number of halogens is 2. The molecule has 1 atom stereocenters. The van der Waals surface area contributed by atoms with E-state index in [1.807, 2.05) is 38.5 Å². The van der Waals surface area contributed by atoms with Crippen LogP contribution in [0.2, 0.25) is 10.0 Å². The van der Waals surface area contributed by atoms with Gasteiger partial charge in [0.05, 0.1) is 40.4 Å². The molecule has 0 saturated heterocycles. The molecule has 1 aromatic carbocycles. The Morgan fingerprint density at radius 2 is 2.10 bits per heavy atom. The lowest BCUT2D eigenvalue weighted by atomic mass is 10.1. The first-order chi connectivity index (χ1) is 14.4. The summed E-state index contributed by atoms with van der Waals surface area (Å²) in [7, 11) is 1.88. The molecule has 0 saturated carbocycles. The molecule has 2 amide bonds. The molecule has 156 valence electrons. The van der Waals surface area contributed by atoms with Crippen molar-refractivity contribution in [1.29, 1.82) is 0 Å². The normalized spacial score (nSPS) is 14.3. The zero-order valence-corrected chi connectivity index (χ0v) is 18.3. The van der Waals surface area contributed by atoms with Crippen LogP contribution >= 0.6 is 23.2 Å². The Labute approximate surface area is 185 Å². The van der Waals surface area contributed by atoms with E-state index in [9.17, 15) is 4.79 Å². The molecule has 30 heavy (non-hydrogen) atoms. The molecule has 1 N–H and O–H groups in total. The number of aryl methyl sites for hydroxylation is 1. The summed E-state index contributed by atoms with van der Waals surface area (Å²) in [6.07, 6.45) is 5.06. The highest BCUT2D eigenvalue weighted by atomic mass is 35.5. The van der Waals surface area contributed by atoms with Crippen LogP contribution in [0.25, 0.3) is 0 Å². The number of hydrogen-bond acceptors (Lipinski definition) is 4. The second-order valence-electron chi connectivity index (χ2n) is 7.43. The highest BCUT2D eigenvalue weighted by molar-refractivity contribution is 6.42. The van der Waals surface area contributed by atoms with Crippen LogP contribution in [-0.2, 0) is 26.4 Å². The summed E-state index contributed by atoms with van der Waals surface area (Å²) in [6, 6.07) is 6.99. The number of benzene rings is 1. The average molecular weight is 445 g/mol. The summed E-state index contributed by atoms with van der Waals surface area (Å²) in [6.45, 7) is 2.99. The molecule has 1 aliphatic rings. The van der Waals surface area contributed by atoms with Crippen molar-refractivity contribution in [2.75, 3.05) is 6.54 Å². The number of rotatable bonds is 4. The quantitative estimate of drug-likeness (QED) is 0.660. The van der Waals surface area contributed by atoms with Gasteiger partial charge in [-0.2, -0.15) is 5.10 Å². The SMILES string of the molecule is C[C@@H](NC(=O)N1CCc2cnc(Cc3ccn(C)n3)nc2C1)c1ccc(Cl)c(Cl)c1. The van der Waals surface area contributed by atoms with Crippen LogP contribution in [0, 0.1) is 0 Å². The molecular weight excluding hydrogens is 423 g/mol. The van der Waals surface area contributed by atoms with Crippen LogP contribution in [0.3, 0.4) is 0 Å². The fraction of sp³-hybridized carbons (Fsp3) is 0.333. The number of carbonyl (C=O) groups excluding carboxylic acids is 1. The van der Waals surface area contributed by atoms with Crippen molar-refractivity contribution in [3.05, 3.63) is 75.0 Å². The second kappa shape index (κ2) is 8.62. The minimum absolute atomic E-state index is 0.135. The van der Waals surface area contributed by atoms with Gasteiger partial charge in [0.25, 0.3) is 0 Å². The van der Waals surface area contributed by atoms with Gasteiger partial charge < -0.3 is 10.2 Å². The van der Waals surface area contributed by atoms with Crippen molar-refractivity contribution in [3.63, 3.8) is 0 Å². The van der Waals surface area contributed by atoms with E-state index in [-0.39, 0.29) is 12.1 Å². The zero-order chi connectivity index (χ0) is 21.3. The Balaban J connectivity index is 1.42. The molecule has 7 nitrogen and oxygen atoms in total. The Bertz CT molecular complexity index is 1080. The summed E-state index contributed by atoms with van der Waals surface area (Å²) in [5.41, 5.74) is 3.79. The van der Waals surface area contributed by atoms with Gasteiger partial charge in [0, 0.05) is 26.0 Å². The number of fused-ring (bicyclic) bond motifs is 1. The number of amides is 2. The number of nitrogens with one attached hydrogen (secondary N) is 1. The molecule has 3 heterocycles. The Morgan fingerprint density at radius 1 is 1.27 bits per heavy atom. The number of nitrogens with zero attached hydrogens (tertiary/aromatic N) is 5. The average Bonchev–Trinajstić information content (AvgIpc) is 3.13. The van der Waals surface area contributed by atoms with Gasteiger partial charge in [0.15, 0.2) is 0 Å². The van der Waals surface area contributed by atoms with E-state index in [0.717, 1.165) is 28.9 Å². The fourth-order valence-corrected chi connectivity index (χ4v) is 3.77. The molecule has 2 aromatic heterocycles. The molecule has 9 heteroatoms. The monoisotopic (exact) mass is 444 g/mol. The summed E-state index contributed by atoms with van der Waals surface area (Å²) in [5.74, 6) is 0.707. The molecule has 0 spiro atoms. The van der Waals surface area contributed by atoms with Crippen LogP contribution in [-0.4, -0.2) is 37.2 Å². The lowest BCUT2D eigenvalue weighted by Crippen LogP contribution is -2.44. The predicted octanol–water partition coefficient (Wildman–Crippen LogP) is 3.94. The van der Waals surface area contributed by atoms with Gasteiger partial charge in [0.1, 0.15) is 5.82 Å². The first-order valence-corrected chi connectivity index (χ1v) is 10.5. The molecule has 0 unspecified atom stereocenters. The number of carbonyl (C=O) groups is 1. The summed E-state index contributed by atoms with van der Waals surface area (Å²) < 4.78 is 1.76. The Hall–Kier alpha value is -2.64. The Kier molecular flexibility index (Phi) is 5.92. The van der Waals surface area contributed by atoms with E-state index in [1.54, 1.807) is 21.7 Å².